The fourth-order valence-corrected chi connectivity index (χ4v) is 0.899. The molecule has 0 heterocycles. The smallest absolute Gasteiger partial charge is 0.416 e. The van der Waals surface area contributed by atoms with Gasteiger partial charge in [-0.2, -0.15) is 13.2 Å². The van der Waals surface area contributed by atoms with Crippen LogP contribution in [0.15, 0.2) is 0 Å². The Balaban J connectivity index is 4.76. The number of rotatable bonds is 3. The fourth-order valence-electron chi connectivity index (χ4n) is 0.899. The summed E-state index contributed by atoms with van der Waals surface area (Å²) in [6.07, 6.45) is -9.75. The normalized spacial score (nSPS) is 15.7. The molecule has 0 aliphatic carbocycles. The van der Waals surface area contributed by atoms with Crippen molar-refractivity contribution in [1.29, 1.82) is 0 Å². The van der Waals surface area contributed by atoms with E-state index >= 15 is 0 Å². The van der Waals surface area contributed by atoms with Crippen molar-refractivity contribution >= 4 is 12.1 Å². The summed E-state index contributed by atoms with van der Waals surface area (Å²) in [6, 6.07) is -2.53. The zero-order valence-corrected chi connectivity index (χ0v) is 9.91. The number of aliphatic hydroxyl groups excluding tert-OH is 1. The van der Waals surface area contributed by atoms with Gasteiger partial charge in [0.25, 0.3) is 0 Å². The summed E-state index contributed by atoms with van der Waals surface area (Å²) in [7, 11) is 0. The number of aliphatic carboxylic acids is 1. The van der Waals surface area contributed by atoms with Gasteiger partial charge in [-0.15, -0.1) is 0 Å². The van der Waals surface area contributed by atoms with Crippen LogP contribution in [0.3, 0.4) is 0 Å². The summed E-state index contributed by atoms with van der Waals surface area (Å²) in [5.74, 6) is -2.02. The van der Waals surface area contributed by atoms with Crippen LogP contribution in [0.2, 0.25) is 0 Å². The number of amides is 1. The van der Waals surface area contributed by atoms with Gasteiger partial charge in [0.2, 0.25) is 0 Å². The average molecular weight is 273 g/mol. The lowest BCUT2D eigenvalue weighted by atomic mass is 10.1. The summed E-state index contributed by atoms with van der Waals surface area (Å²) >= 11 is 0. The quantitative estimate of drug-likeness (QED) is 0.709. The highest BCUT2D eigenvalue weighted by Gasteiger charge is 2.47. The van der Waals surface area contributed by atoms with E-state index < -0.39 is 36.0 Å². The van der Waals surface area contributed by atoms with Crippen molar-refractivity contribution in [3.05, 3.63) is 0 Å². The van der Waals surface area contributed by atoms with Crippen LogP contribution < -0.4 is 5.32 Å². The number of carbonyl (C=O) groups is 2. The van der Waals surface area contributed by atoms with Gasteiger partial charge >= 0.3 is 18.2 Å². The summed E-state index contributed by atoms with van der Waals surface area (Å²) in [5.41, 5.74) is -1.00. The van der Waals surface area contributed by atoms with Crippen LogP contribution >= 0.6 is 0 Å². The SMILES string of the molecule is CC(C)(C)OC(=O)N[C@H](C(=O)O)[C@@H](O)C(F)(F)F. The molecule has 106 valence electrons. The van der Waals surface area contributed by atoms with Crippen LogP contribution in [0.25, 0.3) is 0 Å². The summed E-state index contributed by atoms with van der Waals surface area (Å²) < 4.78 is 41.0. The number of carboxylic acid groups (broad SMARTS) is 1. The third kappa shape index (κ3) is 5.71. The standard InChI is InChI=1S/C9H14F3NO5/c1-8(2,3)18-7(17)13-4(6(15)16)5(14)9(10,11)12/h4-5,14H,1-3H3,(H,13,17)(H,15,16)/t4-,5+/m0/s1. The van der Waals surface area contributed by atoms with Gasteiger partial charge in [-0.3, -0.25) is 0 Å². The number of ether oxygens (including phenoxy) is 1. The maximum absolute atomic E-state index is 12.1. The molecule has 0 rings (SSSR count). The van der Waals surface area contributed by atoms with E-state index in [1.54, 1.807) is 0 Å². The fraction of sp³-hybridized carbons (Fsp3) is 0.778. The zero-order chi connectivity index (χ0) is 14.7. The molecule has 0 aromatic carbocycles. The Labute approximate surface area is 101 Å². The number of hydrogen-bond donors (Lipinski definition) is 3. The molecule has 0 saturated heterocycles. The number of aliphatic hydroxyl groups is 1. The predicted molar refractivity (Wildman–Crippen MR) is 52.9 cm³/mol. The number of hydrogen-bond acceptors (Lipinski definition) is 4. The minimum absolute atomic E-state index is 1.00. The van der Waals surface area contributed by atoms with Crippen LogP contribution in [0.1, 0.15) is 20.8 Å². The summed E-state index contributed by atoms with van der Waals surface area (Å²) in [5, 5.41) is 18.8. The van der Waals surface area contributed by atoms with Gasteiger partial charge in [-0.25, -0.2) is 9.59 Å². The second-order valence-electron chi connectivity index (χ2n) is 4.45. The molecule has 0 aromatic heterocycles. The molecule has 9 heteroatoms. The maximum atomic E-state index is 12.1. The van der Waals surface area contributed by atoms with Crippen molar-refractivity contribution < 1.29 is 37.7 Å². The van der Waals surface area contributed by atoms with Gasteiger partial charge in [0, 0.05) is 0 Å². The van der Waals surface area contributed by atoms with E-state index in [1.807, 2.05) is 0 Å². The molecule has 0 fully saturated rings. The molecule has 2 atom stereocenters. The Hall–Kier alpha value is -1.51. The lowest BCUT2D eigenvalue weighted by Gasteiger charge is -2.25. The maximum Gasteiger partial charge on any atom is 0.416 e. The Kier molecular flexibility index (Phi) is 4.97. The zero-order valence-electron chi connectivity index (χ0n) is 9.91. The van der Waals surface area contributed by atoms with Crippen LogP contribution in [0.5, 0.6) is 0 Å². The van der Waals surface area contributed by atoms with Crippen molar-refractivity contribution in [1.82, 2.24) is 5.32 Å². The van der Waals surface area contributed by atoms with E-state index in [9.17, 15) is 22.8 Å². The van der Waals surface area contributed by atoms with Gasteiger partial charge in [0.15, 0.2) is 12.1 Å². The predicted octanol–water partition coefficient (Wildman–Crippen LogP) is 0.887. The lowest BCUT2D eigenvalue weighted by molar-refractivity contribution is -0.215. The van der Waals surface area contributed by atoms with Crippen LogP contribution in [-0.2, 0) is 9.53 Å². The van der Waals surface area contributed by atoms with Gasteiger partial charge in [0.05, 0.1) is 0 Å². The summed E-state index contributed by atoms with van der Waals surface area (Å²) in [4.78, 5) is 21.7. The van der Waals surface area contributed by atoms with Gasteiger partial charge in [0.1, 0.15) is 5.60 Å². The van der Waals surface area contributed by atoms with Crippen molar-refractivity contribution in [3.63, 3.8) is 0 Å². The Bertz CT molecular complexity index is 323. The number of alkyl halides is 3. The highest BCUT2D eigenvalue weighted by Crippen LogP contribution is 2.22. The number of nitrogens with one attached hydrogen (secondary N) is 1. The largest absolute Gasteiger partial charge is 0.480 e. The van der Waals surface area contributed by atoms with E-state index in [4.69, 9.17) is 10.2 Å². The van der Waals surface area contributed by atoms with Crippen molar-refractivity contribution in [2.24, 2.45) is 0 Å². The molecule has 0 spiro atoms. The van der Waals surface area contributed by atoms with E-state index in [1.165, 1.54) is 26.1 Å². The first-order valence-electron chi connectivity index (χ1n) is 4.81. The molecular weight excluding hydrogens is 259 g/mol. The molecule has 6 nitrogen and oxygen atoms in total. The van der Waals surface area contributed by atoms with E-state index in [0.29, 0.717) is 0 Å². The Morgan fingerprint density at radius 3 is 1.94 bits per heavy atom. The molecule has 0 saturated carbocycles. The molecule has 0 radical (unpaired) electrons. The Morgan fingerprint density at radius 1 is 1.22 bits per heavy atom. The molecule has 0 bridgehead atoms. The summed E-state index contributed by atoms with van der Waals surface area (Å²) in [6.45, 7) is 4.34. The van der Waals surface area contributed by atoms with Crippen LogP contribution in [0, 0.1) is 0 Å². The number of alkyl carbamates (subject to hydrolysis) is 1. The van der Waals surface area contributed by atoms with Gasteiger partial charge < -0.3 is 20.3 Å². The minimum Gasteiger partial charge on any atom is -0.480 e. The highest BCUT2D eigenvalue weighted by molar-refractivity contribution is 5.80. The van der Waals surface area contributed by atoms with Gasteiger partial charge in [-0.1, -0.05) is 0 Å². The van der Waals surface area contributed by atoms with Gasteiger partial charge in [-0.05, 0) is 20.8 Å². The number of halogens is 3. The molecule has 0 unspecified atom stereocenters. The molecule has 3 N–H and O–H groups in total. The third-order valence-corrected chi connectivity index (χ3v) is 1.59. The van der Waals surface area contributed by atoms with Crippen molar-refractivity contribution in [3.8, 4) is 0 Å². The second kappa shape index (κ2) is 5.42. The first kappa shape index (κ1) is 16.5. The number of carboxylic acids is 1. The van der Waals surface area contributed by atoms with Crippen LogP contribution in [-0.4, -0.2) is 46.2 Å². The second-order valence-corrected chi connectivity index (χ2v) is 4.45. The molecule has 18 heavy (non-hydrogen) atoms. The highest BCUT2D eigenvalue weighted by atomic mass is 19.4. The number of carbonyl (C=O) groups excluding carboxylic acids is 1. The minimum atomic E-state index is -5.17. The van der Waals surface area contributed by atoms with Crippen LogP contribution in [0.4, 0.5) is 18.0 Å². The third-order valence-electron chi connectivity index (χ3n) is 1.59. The molecule has 0 aliphatic rings. The average Bonchev–Trinajstić information content (AvgIpc) is 2.08. The molecule has 1 amide bonds. The monoisotopic (exact) mass is 273 g/mol. The van der Waals surface area contributed by atoms with E-state index in [0.717, 1.165) is 0 Å². The molecular formula is C9H14F3NO5. The first-order chi connectivity index (χ1) is 7.84. The molecule has 0 aromatic rings. The Morgan fingerprint density at radius 2 is 1.67 bits per heavy atom. The van der Waals surface area contributed by atoms with E-state index in [2.05, 4.69) is 4.74 Å². The topological polar surface area (TPSA) is 95.9 Å². The van der Waals surface area contributed by atoms with Crippen molar-refractivity contribution in [2.75, 3.05) is 0 Å². The first-order valence-corrected chi connectivity index (χ1v) is 4.81. The lowest BCUT2D eigenvalue weighted by Crippen LogP contribution is -2.55. The molecule has 0 aliphatic heterocycles. The van der Waals surface area contributed by atoms with Crippen molar-refractivity contribution in [2.45, 2.75) is 44.7 Å². The van der Waals surface area contributed by atoms with E-state index in [-0.39, 0.29) is 0 Å².